The first-order valence-electron chi connectivity index (χ1n) is 7.20. The van der Waals surface area contributed by atoms with Crippen LogP contribution in [-0.4, -0.2) is 23.7 Å². The fraction of sp³-hybridized carbons (Fsp3) is 0.929. The van der Waals surface area contributed by atoms with E-state index in [1.807, 2.05) is 0 Å². The SMILES string of the molecule is O=C(O)C1CCCC1CNC1CC2CCC1C2. The van der Waals surface area contributed by atoms with Crippen LogP contribution in [0.25, 0.3) is 0 Å². The topological polar surface area (TPSA) is 49.3 Å². The molecule has 0 aliphatic heterocycles. The van der Waals surface area contributed by atoms with E-state index in [-0.39, 0.29) is 5.92 Å². The van der Waals surface area contributed by atoms with Crippen molar-refractivity contribution in [2.45, 2.75) is 51.0 Å². The number of hydrogen-bond acceptors (Lipinski definition) is 2. The average Bonchev–Trinajstić information content (AvgIpc) is 3.01. The normalized spacial score (nSPS) is 44.4. The smallest absolute Gasteiger partial charge is 0.306 e. The number of hydrogen-bond donors (Lipinski definition) is 2. The number of fused-ring (bicyclic) bond motifs is 2. The van der Waals surface area contributed by atoms with E-state index >= 15 is 0 Å². The van der Waals surface area contributed by atoms with Gasteiger partial charge >= 0.3 is 5.97 Å². The maximum absolute atomic E-state index is 11.1. The van der Waals surface area contributed by atoms with E-state index in [4.69, 9.17) is 5.11 Å². The van der Waals surface area contributed by atoms with Gasteiger partial charge in [-0.05, 0) is 56.4 Å². The third kappa shape index (κ3) is 2.22. The van der Waals surface area contributed by atoms with E-state index in [1.54, 1.807) is 0 Å². The molecule has 3 nitrogen and oxygen atoms in total. The van der Waals surface area contributed by atoms with Gasteiger partial charge in [0.2, 0.25) is 0 Å². The van der Waals surface area contributed by atoms with E-state index in [0.29, 0.717) is 12.0 Å². The Labute approximate surface area is 103 Å². The zero-order valence-electron chi connectivity index (χ0n) is 10.4. The molecule has 0 saturated heterocycles. The highest BCUT2D eigenvalue weighted by Crippen LogP contribution is 2.44. The van der Waals surface area contributed by atoms with Gasteiger partial charge in [-0.3, -0.25) is 4.79 Å². The summed E-state index contributed by atoms with van der Waals surface area (Å²) in [5.41, 5.74) is 0. The molecule has 2 N–H and O–H groups in total. The maximum Gasteiger partial charge on any atom is 0.306 e. The number of rotatable bonds is 4. The van der Waals surface area contributed by atoms with Gasteiger partial charge in [-0.15, -0.1) is 0 Å². The molecule has 17 heavy (non-hydrogen) atoms. The number of carbonyl (C=O) groups is 1. The van der Waals surface area contributed by atoms with Crippen LogP contribution in [0.4, 0.5) is 0 Å². The quantitative estimate of drug-likeness (QED) is 0.788. The highest BCUT2D eigenvalue weighted by molar-refractivity contribution is 5.70. The van der Waals surface area contributed by atoms with Crippen molar-refractivity contribution in [1.82, 2.24) is 5.32 Å². The van der Waals surface area contributed by atoms with E-state index < -0.39 is 5.97 Å². The highest BCUT2D eigenvalue weighted by atomic mass is 16.4. The summed E-state index contributed by atoms with van der Waals surface area (Å²) in [7, 11) is 0. The van der Waals surface area contributed by atoms with Gasteiger partial charge in [0.05, 0.1) is 5.92 Å². The Kier molecular flexibility index (Phi) is 3.12. The van der Waals surface area contributed by atoms with Crippen LogP contribution in [0.5, 0.6) is 0 Å². The third-order valence-electron chi connectivity index (χ3n) is 5.36. The second kappa shape index (κ2) is 4.60. The van der Waals surface area contributed by atoms with Crippen LogP contribution in [0.15, 0.2) is 0 Å². The van der Waals surface area contributed by atoms with Crippen LogP contribution in [0.1, 0.15) is 44.9 Å². The molecule has 3 fully saturated rings. The largest absolute Gasteiger partial charge is 0.481 e. The minimum Gasteiger partial charge on any atom is -0.481 e. The number of aliphatic carboxylic acids is 1. The molecular formula is C14H23NO2. The molecule has 0 aromatic carbocycles. The Balaban J connectivity index is 1.49. The van der Waals surface area contributed by atoms with E-state index in [9.17, 15) is 4.79 Å². The standard InChI is InChI=1S/C14H23NO2/c16-14(17)12-3-1-2-11(12)8-15-13-7-9-4-5-10(13)6-9/h9-13,15H,1-8H2,(H,16,17). The van der Waals surface area contributed by atoms with E-state index in [1.165, 1.54) is 25.7 Å². The minimum absolute atomic E-state index is 0.0823. The first kappa shape index (κ1) is 11.5. The lowest BCUT2D eigenvalue weighted by Crippen LogP contribution is -2.38. The van der Waals surface area contributed by atoms with Crippen LogP contribution >= 0.6 is 0 Å². The van der Waals surface area contributed by atoms with Gasteiger partial charge in [0.15, 0.2) is 0 Å². The van der Waals surface area contributed by atoms with Gasteiger partial charge in [-0.1, -0.05) is 12.8 Å². The van der Waals surface area contributed by atoms with Crippen molar-refractivity contribution in [1.29, 1.82) is 0 Å². The van der Waals surface area contributed by atoms with Crippen molar-refractivity contribution in [3.05, 3.63) is 0 Å². The Morgan fingerprint density at radius 3 is 2.71 bits per heavy atom. The fourth-order valence-corrected chi connectivity index (χ4v) is 4.40. The van der Waals surface area contributed by atoms with Crippen LogP contribution in [0.2, 0.25) is 0 Å². The van der Waals surface area contributed by atoms with Crippen molar-refractivity contribution in [3.8, 4) is 0 Å². The summed E-state index contributed by atoms with van der Waals surface area (Å²) < 4.78 is 0. The van der Waals surface area contributed by atoms with Crippen molar-refractivity contribution in [2.75, 3.05) is 6.54 Å². The first-order chi connectivity index (χ1) is 8.24. The van der Waals surface area contributed by atoms with Crippen LogP contribution in [0, 0.1) is 23.7 Å². The van der Waals surface area contributed by atoms with Crippen LogP contribution in [-0.2, 0) is 4.79 Å². The molecule has 0 heterocycles. The molecule has 0 spiro atoms. The molecule has 5 unspecified atom stereocenters. The lowest BCUT2D eigenvalue weighted by Gasteiger charge is -2.25. The van der Waals surface area contributed by atoms with Crippen molar-refractivity contribution >= 4 is 5.97 Å². The molecule has 0 radical (unpaired) electrons. The molecule has 0 aromatic heterocycles. The van der Waals surface area contributed by atoms with Gasteiger partial charge in [0.1, 0.15) is 0 Å². The second-order valence-electron chi connectivity index (χ2n) is 6.33. The lowest BCUT2D eigenvalue weighted by molar-refractivity contribution is -0.142. The Morgan fingerprint density at radius 1 is 1.18 bits per heavy atom. The summed E-state index contributed by atoms with van der Waals surface area (Å²) in [6, 6.07) is 0.698. The predicted molar refractivity (Wildman–Crippen MR) is 65.7 cm³/mol. The highest BCUT2D eigenvalue weighted by Gasteiger charge is 2.40. The Bertz CT molecular complexity index is 305. The van der Waals surface area contributed by atoms with Gasteiger partial charge < -0.3 is 10.4 Å². The fourth-order valence-electron chi connectivity index (χ4n) is 4.40. The molecule has 5 atom stereocenters. The van der Waals surface area contributed by atoms with Gasteiger partial charge in [0.25, 0.3) is 0 Å². The van der Waals surface area contributed by atoms with Crippen molar-refractivity contribution in [3.63, 3.8) is 0 Å². The predicted octanol–water partition coefficient (Wildman–Crippen LogP) is 2.27. The van der Waals surface area contributed by atoms with Gasteiger partial charge in [-0.2, -0.15) is 0 Å². The molecular weight excluding hydrogens is 214 g/mol. The average molecular weight is 237 g/mol. The first-order valence-corrected chi connectivity index (χ1v) is 7.20. The zero-order chi connectivity index (χ0) is 11.8. The summed E-state index contributed by atoms with van der Waals surface area (Å²) in [5.74, 6) is 1.58. The molecule has 3 aliphatic rings. The number of carboxylic acids is 1. The van der Waals surface area contributed by atoms with Crippen LogP contribution < -0.4 is 5.32 Å². The minimum atomic E-state index is -0.581. The van der Waals surface area contributed by atoms with Crippen molar-refractivity contribution in [2.24, 2.45) is 23.7 Å². The van der Waals surface area contributed by atoms with Gasteiger partial charge in [-0.25, -0.2) is 0 Å². The Morgan fingerprint density at radius 2 is 2.06 bits per heavy atom. The van der Waals surface area contributed by atoms with E-state index in [0.717, 1.165) is 37.6 Å². The third-order valence-corrected chi connectivity index (χ3v) is 5.36. The Hall–Kier alpha value is -0.570. The van der Waals surface area contributed by atoms with Gasteiger partial charge in [0, 0.05) is 6.04 Å². The van der Waals surface area contributed by atoms with Crippen molar-refractivity contribution < 1.29 is 9.90 Å². The second-order valence-corrected chi connectivity index (χ2v) is 6.33. The monoisotopic (exact) mass is 237 g/mol. The molecule has 96 valence electrons. The molecule has 0 amide bonds. The summed E-state index contributed by atoms with van der Waals surface area (Å²) in [5, 5.41) is 12.8. The maximum atomic E-state index is 11.1. The summed E-state index contributed by atoms with van der Waals surface area (Å²) >= 11 is 0. The molecule has 3 heteroatoms. The number of nitrogens with one attached hydrogen (secondary N) is 1. The lowest BCUT2D eigenvalue weighted by atomic mass is 9.92. The summed E-state index contributed by atoms with van der Waals surface area (Å²) in [6.07, 6.45) is 8.68. The summed E-state index contributed by atoms with van der Waals surface area (Å²) in [4.78, 5) is 11.1. The number of carboxylic acid groups (broad SMARTS) is 1. The molecule has 3 saturated carbocycles. The molecule has 2 bridgehead atoms. The molecule has 3 aliphatic carbocycles. The molecule has 3 rings (SSSR count). The zero-order valence-corrected chi connectivity index (χ0v) is 10.4. The molecule has 0 aromatic rings. The van der Waals surface area contributed by atoms with E-state index in [2.05, 4.69) is 5.32 Å². The van der Waals surface area contributed by atoms with Crippen LogP contribution in [0.3, 0.4) is 0 Å². The summed E-state index contributed by atoms with van der Waals surface area (Å²) in [6.45, 7) is 0.935.